The third-order valence-electron chi connectivity index (χ3n) is 6.63. The zero-order valence-electron chi connectivity index (χ0n) is 19.1. The zero-order valence-corrected chi connectivity index (χ0v) is 19.9. The summed E-state index contributed by atoms with van der Waals surface area (Å²) in [6.45, 7) is 2.41. The fraction of sp³-hybridized carbons (Fsp3) is 0.609. The third kappa shape index (κ3) is 6.25. The molecule has 1 aromatic carbocycles. The number of hydrogen-bond acceptors (Lipinski definition) is 7. The number of amides is 2. The fourth-order valence-corrected chi connectivity index (χ4v) is 6.02. The van der Waals surface area contributed by atoms with E-state index in [9.17, 15) is 22.8 Å². The highest BCUT2D eigenvalue weighted by Crippen LogP contribution is 2.42. The lowest BCUT2D eigenvalue weighted by atomic mass is 9.68. The zero-order chi connectivity index (χ0) is 24.0. The number of sulfonamides is 1. The van der Waals surface area contributed by atoms with Gasteiger partial charge < -0.3 is 9.47 Å². The molecule has 3 rings (SSSR count). The van der Waals surface area contributed by atoms with E-state index >= 15 is 0 Å². The maximum Gasteiger partial charge on any atom is 0.410 e. The number of nitrogens with zero attached hydrogens (tertiary/aromatic N) is 1. The summed E-state index contributed by atoms with van der Waals surface area (Å²) in [5.74, 6) is -0.197. The molecule has 2 fully saturated rings. The molecule has 0 bridgehead atoms. The number of likely N-dealkylation sites (tertiary alicyclic amines) is 1. The summed E-state index contributed by atoms with van der Waals surface area (Å²) in [6, 6.07) is 7.13. The van der Waals surface area contributed by atoms with Crippen LogP contribution in [0.3, 0.4) is 0 Å². The van der Waals surface area contributed by atoms with E-state index in [1.54, 1.807) is 25.1 Å². The number of fused-ring (bicyclic) bond motifs is 1. The Labute approximate surface area is 194 Å². The Balaban J connectivity index is 1.56. The van der Waals surface area contributed by atoms with Crippen LogP contribution < -0.4 is 4.72 Å². The molecule has 4 atom stereocenters. The van der Waals surface area contributed by atoms with Gasteiger partial charge in [0.2, 0.25) is 5.91 Å². The topological polar surface area (TPSA) is 119 Å². The Morgan fingerprint density at radius 1 is 1.09 bits per heavy atom. The number of hydrogen-bond donors (Lipinski definition) is 1. The van der Waals surface area contributed by atoms with Gasteiger partial charge in [-0.25, -0.2) is 22.7 Å². The number of nitrogens with one attached hydrogen (secondary N) is 1. The normalized spacial score (nSPS) is 25.0. The molecule has 1 aromatic rings. The molecule has 182 valence electrons. The molecule has 0 aromatic heterocycles. The maximum atomic E-state index is 12.5. The second kappa shape index (κ2) is 11.0. The number of esters is 1. The summed E-state index contributed by atoms with van der Waals surface area (Å²) in [6.07, 6.45) is 3.26. The molecule has 1 heterocycles. The van der Waals surface area contributed by atoms with Gasteiger partial charge in [0.15, 0.2) is 0 Å². The van der Waals surface area contributed by atoms with Gasteiger partial charge in [0.05, 0.1) is 18.6 Å². The van der Waals surface area contributed by atoms with E-state index in [-0.39, 0.29) is 35.7 Å². The smallest absolute Gasteiger partial charge is 0.410 e. The van der Waals surface area contributed by atoms with Gasteiger partial charge >= 0.3 is 12.1 Å². The van der Waals surface area contributed by atoms with Crippen LogP contribution in [0.5, 0.6) is 0 Å². The number of rotatable bonds is 7. The Bertz CT molecular complexity index is 951. The summed E-state index contributed by atoms with van der Waals surface area (Å²) in [7, 11) is -2.57. The highest BCUT2D eigenvalue weighted by Gasteiger charge is 2.44. The van der Waals surface area contributed by atoms with Gasteiger partial charge in [-0.2, -0.15) is 0 Å². The molecule has 0 unspecified atom stereocenters. The number of benzene rings is 1. The predicted molar refractivity (Wildman–Crippen MR) is 119 cm³/mol. The molecule has 33 heavy (non-hydrogen) atoms. The van der Waals surface area contributed by atoms with Gasteiger partial charge in [0.25, 0.3) is 10.0 Å². The first-order chi connectivity index (χ1) is 15.7. The van der Waals surface area contributed by atoms with Crippen molar-refractivity contribution in [1.82, 2.24) is 9.62 Å². The first kappa shape index (κ1) is 25.0. The van der Waals surface area contributed by atoms with E-state index in [2.05, 4.69) is 4.72 Å². The number of piperidine rings is 1. The van der Waals surface area contributed by atoms with Crippen LogP contribution in [0, 0.1) is 17.8 Å². The molecule has 0 spiro atoms. The number of ether oxygens (including phenoxy) is 2. The molecular formula is C23H32N2O7S. The van der Waals surface area contributed by atoms with Crippen molar-refractivity contribution < 1.29 is 32.3 Å². The summed E-state index contributed by atoms with van der Waals surface area (Å²) in [5.41, 5.74) is 0. The molecule has 1 N–H and O–H groups in total. The predicted octanol–water partition coefficient (Wildman–Crippen LogP) is 2.71. The molecule has 9 nitrogen and oxygen atoms in total. The number of carbonyl (C=O) groups excluding carboxylic acids is 3. The number of methoxy groups -OCH3 is 1. The molecule has 1 saturated heterocycles. The van der Waals surface area contributed by atoms with Crippen molar-refractivity contribution in [3.05, 3.63) is 30.3 Å². The Morgan fingerprint density at radius 3 is 2.48 bits per heavy atom. The summed E-state index contributed by atoms with van der Waals surface area (Å²) in [4.78, 5) is 38.5. The minimum atomic E-state index is -3.87. The average Bonchev–Trinajstić information content (AvgIpc) is 2.81. The molecule has 2 amide bonds. The van der Waals surface area contributed by atoms with Crippen LogP contribution in [-0.4, -0.2) is 57.6 Å². The SMILES string of the molecule is CCOC(=O)[C@@H]1C[C@H]2C[C@@H](CCC(=O)NS(=O)(=O)c3ccccc3)CC[C@H]2CN1C(=O)OC. The first-order valence-corrected chi connectivity index (χ1v) is 12.8. The van der Waals surface area contributed by atoms with Gasteiger partial charge in [-0.05, 0) is 62.5 Å². The second-order valence-corrected chi connectivity index (χ2v) is 10.4. The van der Waals surface area contributed by atoms with Gasteiger partial charge in [-0.3, -0.25) is 9.69 Å². The molecule has 1 saturated carbocycles. The monoisotopic (exact) mass is 480 g/mol. The lowest BCUT2D eigenvalue weighted by Gasteiger charge is -2.46. The van der Waals surface area contributed by atoms with Crippen LogP contribution in [0.1, 0.15) is 45.4 Å². The van der Waals surface area contributed by atoms with Crippen molar-refractivity contribution in [3.63, 3.8) is 0 Å². The van der Waals surface area contributed by atoms with Crippen LogP contribution in [0.25, 0.3) is 0 Å². The molecular weight excluding hydrogens is 448 g/mol. The summed E-state index contributed by atoms with van der Waals surface area (Å²) in [5, 5.41) is 0. The Hall–Kier alpha value is -2.62. The van der Waals surface area contributed by atoms with Crippen molar-refractivity contribution in [2.75, 3.05) is 20.3 Å². The summed E-state index contributed by atoms with van der Waals surface area (Å²) >= 11 is 0. The van der Waals surface area contributed by atoms with Gasteiger partial charge in [0.1, 0.15) is 6.04 Å². The minimum Gasteiger partial charge on any atom is -0.464 e. The van der Waals surface area contributed by atoms with E-state index in [1.807, 2.05) is 0 Å². The van der Waals surface area contributed by atoms with Crippen molar-refractivity contribution in [2.24, 2.45) is 17.8 Å². The molecule has 1 aliphatic carbocycles. The van der Waals surface area contributed by atoms with E-state index in [4.69, 9.17) is 9.47 Å². The van der Waals surface area contributed by atoms with Crippen molar-refractivity contribution in [2.45, 2.75) is 56.4 Å². The van der Waals surface area contributed by atoms with Crippen LogP contribution >= 0.6 is 0 Å². The molecule has 1 aliphatic heterocycles. The van der Waals surface area contributed by atoms with Crippen molar-refractivity contribution in [3.8, 4) is 0 Å². The van der Waals surface area contributed by atoms with Crippen LogP contribution in [0.2, 0.25) is 0 Å². The average molecular weight is 481 g/mol. The van der Waals surface area contributed by atoms with Crippen LogP contribution in [0.15, 0.2) is 35.2 Å². The van der Waals surface area contributed by atoms with E-state index in [0.717, 1.165) is 19.3 Å². The molecule has 2 aliphatic rings. The van der Waals surface area contributed by atoms with Crippen molar-refractivity contribution in [1.29, 1.82) is 0 Å². The second-order valence-electron chi connectivity index (χ2n) is 8.71. The summed E-state index contributed by atoms with van der Waals surface area (Å²) < 4.78 is 36.8. The largest absolute Gasteiger partial charge is 0.464 e. The third-order valence-corrected chi connectivity index (χ3v) is 8.02. The van der Waals surface area contributed by atoms with Crippen LogP contribution in [-0.2, 0) is 29.1 Å². The van der Waals surface area contributed by atoms with Gasteiger partial charge in [0, 0.05) is 13.0 Å². The molecule has 0 radical (unpaired) electrons. The lowest BCUT2D eigenvalue weighted by molar-refractivity contribution is -0.152. The Morgan fingerprint density at radius 2 is 1.82 bits per heavy atom. The quantitative estimate of drug-likeness (QED) is 0.596. The van der Waals surface area contributed by atoms with Gasteiger partial charge in [-0.1, -0.05) is 24.6 Å². The van der Waals surface area contributed by atoms with E-state index in [1.165, 1.54) is 24.1 Å². The fourth-order valence-electron chi connectivity index (χ4n) is 4.98. The maximum absolute atomic E-state index is 12.5. The minimum absolute atomic E-state index is 0.0567. The molecule has 10 heteroatoms. The van der Waals surface area contributed by atoms with Crippen LogP contribution in [0.4, 0.5) is 4.79 Å². The van der Waals surface area contributed by atoms with Crippen molar-refractivity contribution >= 4 is 28.0 Å². The van der Waals surface area contributed by atoms with E-state index in [0.29, 0.717) is 19.4 Å². The van der Waals surface area contributed by atoms with Gasteiger partial charge in [-0.15, -0.1) is 0 Å². The Kier molecular flexibility index (Phi) is 8.34. The number of carbonyl (C=O) groups is 3. The highest BCUT2D eigenvalue weighted by molar-refractivity contribution is 7.90. The first-order valence-electron chi connectivity index (χ1n) is 11.4. The highest BCUT2D eigenvalue weighted by atomic mass is 32.2. The van der Waals surface area contributed by atoms with E-state index < -0.39 is 34.0 Å². The standard InChI is InChI=1S/C23H32N2O7S/c1-3-32-22(27)20-14-18-13-16(9-11-17(18)15-25(20)23(28)31-2)10-12-21(26)24-33(29,30)19-7-5-4-6-8-19/h4-8,16-18,20H,3,9-15H2,1-2H3,(H,24,26)/t16-,17+,18-,20+/m1/s1. The lowest BCUT2D eigenvalue weighted by Crippen LogP contribution is -2.55.